The van der Waals surface area contributed by atoms with Gasteiger partial charge in [-0.2, -0.15) is 39.5 Å². The van der Waals surface area contributed by atoms with Crippen LogP contribution in [-0.2, 0) is 12.6 Å². The molecule has 3 unspecified atom stereocenters. The molecule has 0 radical (unpaired) electrons. The van der Waals surface area contributed by atoms with E-state index >= 15 is 0 Å². The highest BCUT2D eigenvalue weighted by atomic mass is 19.4. The minimum absolute atomic E-state index is 0.0399. The van der Waals surface area contributed by atoms with Crippen molar-refractivity contribution in [2.45, 2.75) is 62.3 Å². The molecule has 0 saturated heterocycles. The molecule has 2 rings (SSSR count). The number of aliphatic hydroxyl groups excluding tert-OH is 1. The summed E-state index contributed by atoms with van der Waals surface area (Å²) in [5.41, 5.74) is -2.46. The maximum atomic E-state index is 13.2. The Kier molecular flexibility index (Phi) is 6.83. The number of alkyl halides is 9. The van der Waals surface area contributed by atoms with E-state index in [-0.39, 0.29) is 31.2 Å². The van der Waals surface area contributed by atoms with Crippen LogP contribution in [0.4, 0.5) is 39.5 Å². The van der Waals surface area contributed by atoms with Crippen LogP contribution in [0, 0.1) is 5.92 Å². The van der Waals surface area contributed by atoms with Crippen LogP contribution in [-0.4, -0.2) is 35.6 Å². The fourth-order valence-electron chi connectivity index (χ4n) is 3.70. The van der Waals surface area contributed by atoms with E-state index in [1.165, 1.54) is 6.07 Å². The van der Waals surface area contributed by atoms with Gasteiger partial charge in [-0.25, -0.2) is 0 Å². The van der Waals surface area contributed by atoms with Crippen molar-refractivity contribution >= 4 is 0 Å². The molecule has 0 bridgehead atoms. The van der Waals surface area contributed by atoms with Crippen molar-refractivity contribution in [2.75, 3.05) is 6.54 Å². The highest BCUT2D eigenvalue weighted by Gasteiger charge is 2.48. The van der Waals surface area contributed by atoms with E-state index in [9.17, 15) is 44.6 Å². The molecule has 2 N–H and O–H groups in total. The molecule has 1 aromatic rings. The van der Waals surface area contributed by atoms with Crippen LogP contribution in [0.5, 0.6) is 0 Å². The van der Waals surface area contributed by atoms with E-state index in [0.29, 0.717) is 0 Å². The molecule has 166 valence electrons. The van der Waals surface area contributed by atoms with E-state index in [0.717, 1.165) is 18.2 Å². The lowest BCUT2D eigenvalue weighted by molar-refractivity contribution is -0.205. The van der Waals surface area contributed by atoms with Gasteiger partial charge in [-0.1, -0.05) is 24.6 Å². The monoisotopic (exact) mass is 437 g/mol. The molecule has 1 aliphatic rings. The summed E-state index contributed by atoms with van der Waals surface area (Å²) in [4.78, 5) is 0. The highest BCUT2D eigenvalue weighted by Crippen LogP contribution is 2.43. The number of aliphatic hydroxyl groups is 1. The van der Waals surface area contributed by atoms with Gasteiger partial charge >= 0.3 is 18.5 Å². The van der Waals surface area contributed by atoms with Gasteiger partial charge in [-0.15, -0.1) is 0 Å². The molecule has 11 heteroatoms. The molecular weight excluding hydrogens is 417 g/mol. The molecule has 29 heavy (non-hydrogen) atoms. The van der Waals surface area contributed by atoms with Crippen LogP contribution in [0.2, 0.25) is 0 Å². The number of rotatable bonds is 5. The van der Waals surface area contributed by atoms with E-state index in [4.69, 9.17) is 0 Å². The van der Waals surface area contributed by atoms with Gasteiger partial charge in [0.15, 0.2) is 6.10 Å². The molecular formula is C18H20F9NO. The first kappa shape index (κ1) is 23.8. The molecule has 0 amide bonds. The van der Waals surface area contributed by atoms with Crippen LogP contribution < -0.4 is 5.32 Å². The summed E-state index contributed by atoms with van der Waals surface area (Å²) in [6, 6.07) is 3.97. The maximum Gasteiger partial charge on any atom is 0.416 e. The zero-order valence-electron chi connectivity index (χ0n) is 15.1. The van der Waals surface area contributed by atoms with Crippen molar-refractivity contribution in [3.8, 4) is 0 Å². The van der Waals surface area contributed by atoms with Gasteiger partial charge in [0.2, 0.25) is 0 Å². The Balaban J connectivity index is 2.30. The molecule has 0 aliphatic heterocycles. The summed E-state index contributed by atoms with van der Waals surface area (Å²) < 4.78 is 116. The zero-order chi connectivity index (χ0) is 22.1. The predicted molar refractivity (Wildman–Crippen MR) is 86.0 cm³/mol. The second kappa shape index (κ2) is 8.33. The van der Waals surface area contributed by atoms with Gasteiger partial charge in [-0.3, -0.25) is 0 Å². The summed E-state index contributed by atoms with van der Waals surface area (Å²) in [6.07, 6.45) is -18.1. The predicted octanol–water partition coefficient (Wildman–Crippen LogP) is 5.25. The SMILES string of the molecule is OC(CNC1(Cc2cccc(C(F)(F)F)c2)CCCC(C(F)(F)F)C1)C(F)(F)F. The minimum Gasteiger partial charge on any atom is -0.382 e. The van der Waals surface area contributed by atoms with E-state index < -0.39 is 54.6 Å². The lowest BCUT2D eigenvalue weighted by atomic mass is 9.72. The fourth-order valence-corrected chi connectivity index (χ4v) is 3.70. The normalized spacial score (nSPS) is 25.1. The van der Waals surface area contributed by atoms with Crippen LogP contribution >= 0.6 is 0 Å². The number of nitrogens with one attached hydrogen (secondary N) is 1. The van der Waals surface area contributed by atoms with E-state index in [1.54, 1.807) is 0 Å². The lowest BCUT2D eigenvalue weighted by Crippen LogP contribution is -2.55. The van der Waals surface area contributed by atoms with Crippen molar-refractivity contribution < 1.29 is 44.6 Å². The number of hydrogen-bond acceptors (Lipinski definition) is 2. The quantitative estimate of drug-likeness (QED) is 0.617. The second-order valence-electron chi connectivity index (χ2n) is 7.43. The summed E-state index contributed by atoms with van der Waals surface area (Å²) in [5.74, 6) is -1.79. The van der Waals surface area contributed by atoms with Gasteiger partial charge in [0, 0.05) is 12.1 Å². The van der Waals surface area contributed by atoms with Gasteiger partial charge in [0.05, 0.1) is 11.5 Å². The van der Waals surface area contributed by atoms with Crippen LogP contribution in [0.15, 0.2) is 24.3 Å². The Labute approximate surface area is 161 Å². The van der Waals surface area contributed by atoms with Gasteiger partial charge in [0.25, 0.3) is 0 Å². The number of halogens is 9. The van der Waals surface area contributed by atoms with Crippen LogP contribution in [0.25, 0.3) is 0 Å². The van der Waals surface area contributed by atoms with Crippen molar-refractivity contribution in [1.82, 2.24) is 5.32 Å². The average molecular weight is 437 g/mol. The Morgan fingerprint density at radius 1 is 1.07 bits per heavy atom. The van der Waals surface area contributed by atoms with Crippen LogP contribution in [0.3, 0.4) is 0 Å². The van der Waals surface area contributed by atoms with Gasteiger partial charge < -0.3 is 10.4 Å². The molecule has 0 heterocycles. The number of benzene rings is 1. The molecule has 2 nitrogen and oxygen atoms in total. The molecule has 0 aromatic heterocycles. The number of β-amino-alcohol motifs (C(OH)–C–C–N with tert-alkyl or cyclic N) is 1. The fraction of sp³-hybridized carbons (Fsp3) is 0.667. The molecule has 0 spiro atoms. The van der Waals surface area contributed by atoms with Crippen molar-refractivity contribution in [3.63, 3.8) is 0 Å². The van der Waals surface area contributed by atoms with Gasteiger partial charge in [-0.05, 0) is 37.3 Å². The first-order chi connectivity index (χ1) is 13.1. The topological polar surface area (TPSA) is 32.3 Å². The van der Waals surface area contributed by atoms with Gasteiger partial charge in [0.1, 0.15) is 0 Å². The maximum absolute atomic E-state index is 13.2. The molecule has 1 fully saturated rings. The Morgan fingerprint density at radius 3 is 2.28 bits per heavy atom. The Hall–Kier alpha value is -1.49. The van der Waals surface area contributed by atoms with Crippen LogP contribution in [0.1, 0.15) is 36.8 Å². The zero-order valence-corrected chi connectivity index (χ0v) is 15.1. The first-order valence-electron chi connectivity index (χ1n) is 8.85. The summed E-state index contributed by atoms with van der Waals surface area (Å²) in [5, 5.41) is 11.6. The number of hydrogen-bond donors (Lipinski definition) is 2. The summed E-state index contributed by atoms with van der Waals surface area (Å²) >= 11 is 0. The van der Waals surface area contributed by atoms with E-state index in [1.807, 2.05) is 0 Å². The average Bonchev–Trinajstić information content (AvgIpc) is 2.58. The third kappa shape index (κ3) is 6.50. The third-order valence-electron chi connectivity index (χ3n) is 5.15. The summed E-state index contributed by atoms with van der Waals surface area (Å²) in [7, 11) is 0. The van der Waals surface area contributed by atoms with Crippen molar-refractivity contribution in [2.24, 2.45) is 5.92 Å². The standard InChI is InChI=1S/C18H20F9NO/c19-16(20,21)12-4-1-3-11(7-12)8-15(28-10-14(29)18(25,26)27)6-2-5-13(9-15)17(22,23)24/h1,3-4,7,13-14,28-29H,2,5-6,8-10H2. The highest BCUT2D eigenvalue weighted by molar-refractivity contribution is 5.27. The van der Waals surface area contributed by atoms with E-state index in [2.05, 4.69) is 5.32 Å². The Morgan fingerprint density at radius 2 is 1.72 bits per heavy atom. The summed E-state index contributed by atoms with van der Waals surface area (Å²) in [6.45, 7) is -1.05. The smallest absolute Gasteiger partial charge is 0.382 e. The first-order valence-corrected chi connectivity index (χ1v) is 8.85. The minimum atomic E-state index is -4.97. The molecule has 1 saturated carbocycles. The third-order valence-corrected chi connectivity index (χ3v) is 5.15. The second-order valence-corrected chi connectivity index (χ2v) is 7.43. The van der Waals surface area contributed by atoms with Crippen molar-refractivity contribution in [1.29, 1.82) is 0 Å². The molecule has 3 atom stereocenters. The Bertz CT molecular complexity index is 683. The van der Waals surface area contributed by atoms with Crippen molar-refractivity contribution in [3.05, 3.63) is 35.4 Å². The molecule has 1 aliphatic carbocycles. The lowest BCUT2D eigenvalue weighted by Gasteiger charge is -2.43. The largest absolute Gasteiger partial charge is 0.416 e. The molecule has 1 aromatic carbocycles.